The van der Waals surface area contributed by atoms with E-state index in [1.165, 1.54) is 36.2 Å². The first-order valence-electron chi connectivity index (χ1n) is 5.56. The third-order valence-corrected chi connectivity index (χ3v) is 2.75. The number of aromatic carboxylic acids is 1. The van der Waals surface area contributed by atoms with E-state index in [0.29, 0.717) is 11.4 Å². The Morgan fingerprint density at radius 3 is 2.70 bits per heavy atom. The fourth-order valence-corrected chi connectivity index (χ4v) is 1.76. The van der Waals surface area contributed by atoms with Crippen LogP contribution in [0, 0.1) is 17.0 Å². The van der Waals surface area contributed by atoms with E-state index in [4.69, 9.17) is 9.84 Å². The summed E-state index contributed by atoms with van der Waals surface area (Å²) >= 11 is 0. The van der Waals surface area contributed by atoms with Crippen molar-refractivity contribution < 1.29 is 19.6 Å². The molecular weight excluding hydrogens is 266 g/mol. The number of benzene rings is 1. The van der Waals surface area contributed by atoms with Crippen molar-refractivity contribution in [3.8, 4) is 11.4 Å². The zero-order chi connectivity index (χ0) is 14.9. The van der Waals surface area contributed by atoms with E-state index >= 15 is 0 Å². The maximum atomic E-state index is 11.0. The molecule has 1 heterocycles. The molecule has 0 unspecified atom stereocenters. The molecule has 1 aromatic heterocycles. The molecular formula is C12H11N3O5. The summed E-state index contributed by atoms with van der Waals surface area (Å²) in [6.07, 6.45) is 1.35. The van der Waals surface area contributed by atoms with Gasteiger partial charge < -0.3 is 9.84 Å². The number of hydrogen-bond acceptors (Lipinski definition) is 5. The Hall–Kier alpha value is -2.90. The monoisotopic (exact) mass is 277 g/mol. The highest BCUT2D eigenvalue weighted by Crippen LogP contribution is 2.29. The number of nitrogens with zero attached hydrogens (tertiary/aromatic N) is 3. The predicted octanol–water partition coefficient (Wildman–Crippen LogP) is 1.80. The Kier molecular flexibility index (Phi) is 3.38. The van der Waals surface area contributed by atoms with Crippen molar-refractivity contribution >= 4 is 11.7 Å². The molecule has 1 aromatic carbocycles. The van der Waals surface area contributed by atoms with Crippen molar-refractivity contribution in [2.75, 3.05) is 7.11 Å². The third-order valence-electron chi connectivity index (χ3n) is 2.75. The van der Waals surface area contributed by atoms with Gasteiger partial charge in [-0.3, -0.25) is 10.1 Å². The number of carbonyl (C=O) groups is 1. The molecule has 20 heavy (non-hydrogen) atoms. The summed E-state index contributed by atoms with van der Waals surface area (Å²) in [4.78, 5) is 21.2. The second kappa shape index (κ2) is 5.00. The van der Waals surface area contributed by atoms with Crippen LogP contribution >= 0.6 is 0 Å². The standard InChI is InChI=1S/C12H11N3O5/c1-7-9(12(16)17)6-14(13-7)8-3-4-10(15(18)19)11(5-8)20-2/h3-6H,1-2H3,(H,16,17). The fourth-order valence-electron chi connectivity index (χ4n) is 1.76. The van der Waals surface area contributed by atoms with Crippen LogP contribution in [0.15, 0.2) is 24.4 Å². The second-order valence-electron chi connectivity index (χ2n) is 3.99. The molecule has 0 aliphatic carbocycles. The number of nitro groups is 1. The first-order valence-corrected chi connectivity index (χ1v) is 5.56. The number of nitro benzene ring substituents is 1. The molecule has 0 spiro atoms. The number of aromatic nitrogens is 2. The van der Waals surface area contributed by atoms with Gasteiger partial charge in [0.05, 0.1) is 23.4 Å². The molecule has 0 aliphatic heterocycles. The Balaban J connectivity index is 2.51. The van der Waals surface area contributed by atoms with Crippen LogP contribution < -0.4 is 4.74 Å². The summed E-state index contributed by atoms with van der Waals surface area (Å²) in [6, 6.07) is 4.18. The number of ether oxygens (including phenoxy) is 1. The van der Waals surface area contributed by atoms with Gasteiger partial charge in [-0.2, -0.15) is 5.10 Å². The molecule has 0 atom stereocenters. The zero-order valence-electron chi connectivity index (χ0n) is 10.7. The molecule has 0 fully saturated rings. The van der Waals surface area contributed by atoms with Gasteiger partial charge in [0.2, 0.25) is 0 Å². The molecule has 0 amide bonds. The van der Waals surface area contributed by atoms with Gasteiger partial charge in [-0.1, -0.05) is 0 Å². The third kappa shape index (κ3) is 2.30. The van der Waals surface area contributed by atoms with E-state index < -0.39 is 10.9 Å². The van der Waals surface area contributed by atoms with Crippen molar-refractivity contribution in [1.29, 1.82) is 0 Å². The van der Waals surface area contributed by atoms with Crippen molar-refractivity contribution in [2.24, 2.45) is 0 Å². The number of aryl methyl sites for hydroxylation is 1. The van der Waals surface area contributed by atoms with Gasteiger partial charge in [0.25, 0.3) is 0 Å². The molecule has 0 saturated heterocycles. The highest BCUT2D eigenvalue weighted by molar-refractivity contribution is 5.88. The van der Waals surface area contributed by atoms with Gasteiger partial charge in [-0.05, 0) is 13.0 Å². The zero-order valence-corrected chi connectivity index (χ0v) is 10.7. The smallest absolute Gasteiger partial charge is 0.339 e. The summed E-state index contributed by atoms with van der Waals surface area (Å²) in [5, 5.41) is 23.8. The van der Waals surface area contributed by atoms with E-state index in [9.17, 15) is 14.9 Å². The number of carboxylic acid groups (broad SMARTS) is 1. The quantitative estimate of drug-likeness (QED) is 0.674. The number of carboxylic acids is 1. The maximum absolute atomic E-state index is 11.0. The largest absolute Gasteiger partial charge is 0.490 e. The summed E-state index contributed by atoms with van der Waals surface area (Å²) in [6.45, 7) is 1.57. The highest BCUT2D eigenvalue weighted by Gasteiger charge is 2.17. The van der Waals surface area contributed by atoms with Crippen molar-refractivity contribution in [2.45, 2.75) is 6.92 Å². The van der Waals surface area contributed by atoms with Crippen LogP contribution in [0.3, 0.4) is 0 Å². The van der Waals surface area contributed by atoms with E-state index in [2.05, 4.69) is 5.10 Å². The molecule has 0 saturated carbocycles. The van der Waals surface area contributed by atoms with E-state index in [1.54, 1.807) is 6.92 Å². The summed E-state index contributed by atoms with van der Waals surface area (Å²) in [5.41, 5.74) is 0.735. The summed E-state index contributed by atoms with van der Waals surface area (Å²) in [7, 11) is 1.32. The molecule has 0 bridgehead atoms. The molecule has 2 rings (SSSR count). The topological polar surface area (TPSA) is 107 Å². The van der Waals surface area contributed by atoms with Gasteiger partial charge in [-0.15, -0.1) is 0 Å². The van der Waals surface area contributed by atoms with Crippen LogP contribution in [0.1, 0.15) is 16.1 Å². The fraction of sp³-hybridized carbons (Fsp3) is 0.167. The SMILES string of the molecule is COc1cc(-n2cc(C(=O)O)c(C)n2)ccc1[N+](=O)[O-]. The van der Waals surface area contributed by atoms with E-state index in [0.717, 1.165) is 0 Å². The van der Waals surface area contributed by atoms with Crippen LogP contribution in [-0.4, -0.2) is 32.9 Å². The first kappa shape index (κ1) is 13.5. The predicted molar refractivity (Wildman–Crippen MR) is 68.5 cm³/mol. The van der Waals surface area contributed by atoms with Gasteiger partial charge in [0.15, 0.2) is 5.75 Å². The maximum Gasteiger partial charge on any atom is 0.339 e. The lowest BCUT2D eigenvalue weighted by atomic mass is 10.2. The van der Waals surface area contributed by atoms with Gasteiger partial charge in [0.1, 0.15) is 5.56 Å². The minimum Gasteiger partial charge on any atom is -0.490 e. The van der Waals surface area contributed by atoms with Gasteiger partial charge >= 0.3 is 11.7 Å². The second-order valence-corrected chi connectivity index (χ2v) is 3.99. The average molecular weight is 277 g/mol. The van der Waals surface area contributed by atoms with Crippen LogP contribution in [-0.2, 0) is 0 Å². The molecule has 0 radical (unpaired) electrons. The summed E-state index contributed by atoms with van der Waals surface area (Å²) < 4.78 is 6.29. The van der Waals surface area contributed by atoms with E-state index in [-0.39, 0.29) is 17.0 Å². The Morgan fingerprint density at radius 2 is 2.20 bits per heavy atom. The number of rotatable bonds is 4. The summed E-state index contributed by atoms with van der Waals surface area (Å²) in [5.74, 6) is -1.000. The van der Waals surface area contributed by atoms with Crippen LogP contribution in [0.25, 0.3) is 5.69 Å². The Bertz CT molecular complexity index is 692. The van der Waals surface area contributed by atoms with Crippen LogP contribution in [0.5, 0.6) is 5.75 Å². The normalized spacial score (nSPS) is 10.3. The number of methoxy groups -OCH3 is 1. The molecule has 2 aromatic rings. The Morgan fingerprint density at radius 1 is 1.50 bits per heavy atom. The minimum absolute atomic E-state index is 0.0716. The molecule has 8 heteroatoms. The van der Waals surface area contributed by atoms with E-state index in [1.807, 2.05) is 0 Å². The van der Waals surface area contributed by atoms with Crippen LogP contribution in [0.4, 0.5) is 5.69 Å². The van der Waals surface area contributed by atoms with Gasteiger partial charge in [0, 0.05) is 18.3 Å². The lowest BCUT2D eigenvalue weighted by Gasteiger charge is -2.05. The molecule has 104 valence electrons. The molecule has 1 N–H and O–H groups in total. The first-order chi connectivity index (χ1) is 9.43. The minimum atomic E-state index is -1.08. The van der Waals surface area contributed by atoms with Crippen molar-refractivity contribution in [1.82, 2.24) is 9.78 Å². The lowest BCUT2D eigenvalue weighted by Crippen LogP contribution is -1.99. The Labute approximate surface area is 113 Å². The van der Waals surface area contributed by atoms with Crippen molar-refractivity contribution in [3.05, 3.63) is 45.8 Å². The molecule has 0 aliphatic rings. The lowest BCUT2D eigenvalue weighted by molar-refractivity contribution is -0.385. The highest BCUT2D eigenvalue weighted by atomic mass is 16.6. The number of hydrogen-bond donors (Lipinski definition) is 1. The van der Waals surface area contributed by atoms with Gasteiger partial charge in [-0.25, -0.2) is 9.48 Å². The average Bonchev–Trinajstić information content (AvgIpc) is 2.80. The van der Waals surface area contributed by atoms with Crippen molar-refractivity contribution in [3.63, 3.8) is 0 Å². The molecule has 8 nitrogen and oxygen atoms in total. The van der Waals surface area contributed by atoms with Crippen LogP contribution in [0.2, 0.25) is 0 Å².